The van der Waals surface area contributed by atoms with E-state index in [-0.39, 0.29) is 18.4 Å². The van der Waals surface area contributed by atoms with Crippen LogP contribution in [0.4, 0.5) is 0 Å². The summed E-state index contributed by atoms with van der Waals surface area (Å²) < 4.78 is 5.19. The number of ether oxygens (including phenoxy) is 1. The van der Waals surface area contributed by atoms with Crippen LogP contribution in [0.3, 0.4) is 0 Å². The molecule has 1 aliphatic heterocycles. The van der Waals surface area contributed by atoms with E-state index in [1.807, 2.05) is 6.92 Å². The van der Waals surface area contributed by atoms with Crippen LogP contribution in [0.5, 0.6) is 0 Å². The van der Waals surface area contributed by atoms with Gasteiger partial charge in [-0.2, -0.15) is 0 Å². The highest BCUT2D eigenvalue weighted by Crippen LogP contribution is 2.24. The van der Waals surface area contributed by atoms with Crippen LogP contribution in [0.1, 0.15) is 33.6 Å². The summed E-state index contributed by atoms with van der Waals surface area (Å²) in [5, 5.41) is 11.8. The Morgan fingerprint density at radius 1 is 1.33 bits per heavy atom. The van der Waals surface area contributed by atoms with Crippen molar-refractivity contribution in [3.05, 3.63) is 0 Å². The third kappa shape index (κ3) is 6.44. The summed E-state index contributed by atoms with van der Waals surface area (Å²) in [6, 6.07) is 0.105. The van der Waals surface area contributed by atoms with Crippen LogP contribution in [-0.2, 0) is 14.3 Å². The first-order chi connectivity index (χ1) is 9.93. The Bertz CT molecular complexity index is 347. The molecule has 1 heterocycles. The molecule has 0 aromatic carbocycles. The number of carbonyl (C=O) groups excluding carboxylic acids is 1. The molecule has 6 nitrogen and oxygen atoms in total. The number of likely N-dealkylation sites (tertiary alicyclic amines) is 1. The molecule has 1 fully saturated rings. The minimum atomic E-state index is -0.778. The lowest BCUT2D eigenvalue weighted by molar-refractivity contribution is -0.137. The van der Waals surface area contributed by atoms with Crippen molar-refractivity contribution < 1.29 is 19.4 Å². The van der Waals surface area contributed by atoms with Gasteiger partial charge in [-0.05, 0) is 18.8 Å². The quantitative estimate of drug-likeness (QED) is 0.620. The van der Waals surface area contributed by atoms with Crippen LogP contribution in [0.25, 0.3) is 0 Å². The fourth-order valence-corrected chi connectivity index (χ4v) is 2.77. The molecular weight excluding hydrogens is 272 g/mol. The van der Waals surface area contributed by atoms with Gasteiger partial charge in [-0.15, -0.1) is 0 Å². The van der Waals surface area contributed by atoms with Gasteiger partial charge in [-0.3, -0.25) is 9.59 Å². The van der Waals surface area contributed by atoms with E-state index >= 15 is 0 Å². The van der Waals surface area contributed by atoms with Gasteiger partial charge >= 0.3 is 5.97 Å². The summed E-state index contributed by atoms with van der Waals surface area (Å²) in [6.07, 6.45) is 0.528. The van der Waals surface area contributed by atoms with Crippen molar-refractivity contribution in [1.29, 1.82) is 0 Å². The first kappa shape index (κ1) is 17.9. The van der Waals surface area contributed by atoms with Crippen LogP contribution in [0.2, 0.25) is 0 Å². The molecule has 0 bridgehead atoms. The zero-order chi connectivity index (χ0) is 15.8. The Kier molecular flexibility index (Phi) is 7.67. The molecular formula is C15H28N2O4. The van der Waals surface area contributed by atoms with Gasteiger partial charge in [0.2, 0.25) is 5.91 Å². The van der Waals surface area contributed by atoms with E-state index in [1.165, 1.54) is 0 Å². The van der Waals surface area contributed by atoms with E-state index in [9.17, 15) is 9.59 Å². The van der Waals surface area contributed by atoms with Crippen molar-refractivity contribution in [2.75, 3.05) is 32.8 Å². The number of hydrogen-bond acceptors (Lipinski definition) is 4. The van der Waals surface area contributed by atoms with Gasteiger partial charge < -0.3 is 20.1 Å². The van der Waals surface area contributed by atoms with Gasteiger partial charge in [0.15, 0.2) is 0 Å². The van der Waals surface area contributed by atoms with Crippen molar-refractivity contribution in [2.24, 2.45) is 11.8 Å². The molecule has 21 heavy (non-hydrogen) atoms. The second-order valence-corrected chi connectivity index (χ2v) is 5.93. The topological polar surface area (TPSA) is 78.9 Å². The van der Waals surface area contributed by atoms with Crippen molar-refractivity contribution in [3.8, 4) is 0 Å². The second kappa shape index (κ2) is 9.00. The molecule has 1 aliphatic rings. The molecule has 1 saturated heterocycles. The predicted octanol–water partition coefficient (Wildman–Crippen LogP) is 0.960. The van der Waals surface area contributed by atoms with Crippen LogP contribution >= 0.6 is 0 Å². The Hall–Kier alpha value is -1.14. The van der Waals surface area contributed by atoms with E-state index in [4.69, 9.17) is 9.84 Å². The van der Waals surface area contributed by atoms with Crippen LogP contribution < -0.4 is 5.32 Å². The average molecular weight is 300 g/mol. The number of carboxylic acids is 1. The number of aliphatic carboxylic acids is 1. The summed E-state index contributed by atoms with van der Waals surface area (Å²) in [6.45, 7) is 9.39. The monoisotopic (exact) mass is 300 g/mol. The van der Waals surface area contributed by atoms with Crippen molar-refractivity contribution in [1.82, 2.24) is 10.2 Å². The fourth-order valence-electron chi connectivity index (χ4n) is 2.77. The van der Waals surface area contributed by atoms with Gasteiger partial charge in [-0.1, -0.05) is 13.8 Å². The molecule has 0 saturated carbocycles. The predicted molar refractivity (Wildman–Crippen MR) is 80.1 cm³/mol. The molecule has 0 aromatic heterocycles. The van der Waals surface area contributed by atoms with E-state index in [0.717, 1.165) is 13.1 Å². The highest BCUT2D eigenvalue weighted by molar-refractivity contribution is 5.76. The first-order valence-corrected chi connectivity index (χ1v) is 7.75. The van der Waals surface area contributed by atoms with Crippen LogP contribution in [-0.4, -0.2) is 60.8 Å². The van der Waals surface area contributed by atoms with Crippen molar-refractivity contribution in [2.45, 2.75) is 39.7 Å². The zero-order valence-corrected chi connectivity index (χ0v) is 13.3. The fraction of sp³-hybridized carbons (Fsp3) is 0.867. The number of rotatable bonds is 9. The SMILES string of the molecule is CCOCCC(=O)N[C@H]1CN(CCC(=O)O)C[C@@H]1C(C)C. The molecule has 1 rings (SSSR count). The van der Waals surface area contributed by atoms with Crippen LogP contribution in [0.15, 0.2) is 0 Å². The van der Waals surface area contributed by atoms with E-state index < -0.39 is 5.97 Å². The van der Waals surface area contributed by atoms with Gasteiger partial charge in [0, 0.05) is 38.7 Å². The van der Waals surface area contributed by atoms with Crippen LogP contribution in [0, 0.1) is 11.8 Å². The minimum absolute atomic E-state index is 0.0131. The highest BCUT2D eigenvalue weighted by Gasteiger charge is 2.35. The molecule has 0 aromatic rings. The summed E-state index contributed by atoms with van der Waals surface area (Å²) in [7, 11) is 0. The van der Waals surface area contributed by atoms with E-state index in [1.54, 1.807) is 0 Å². The number of nitrogens with zero attached hydrogens (tertiary/aromatic N) is 1. The third-order valence-corrected chi connectivity index (χ3v) is 3.96. The molecule has 2 N–H and O–H groups in total. The summed E-state index contributed by atoms with van der Waals surface area (Å²) in [5.74, 6) is 0.0614. The Morgan fingerprint density at radius 3 is 2.62 bits per heavy atom. The van der Waals surface area contributed by atoms with Gasteiger partial charge in [-0.25, -0.2) is 0 Å². The maximum absolute atomic E-state index is 11.9. The normalized spacial score (nSPS) is 22.7. The smallest absolute Gasteiger partial charge is 0.304 e. The Balaban J connectivity index is 2.45. The number of carbonyl (C=O) groups is 2. The molecule has 0 unspecified atom stereocenters. The zero-order valence-electron chi connectivity index (χ0n) is 13.3. The number of nitrogens with one attached hydrogen (secondary N) is 1. The maximum atomic E-state index is 11.9. The Morgan fingerprint density at radius 2 is 2.05 bits per heavy atom. The standard InChI is InChI=1S/C15H28N2O4/c1-4-21-8-6-14(18)16-13-10-17(7-5-15(19)20)9-12(13)11(2)3/h11-13H,4-10H2,1-3H3,(H,16,18)(H,19,20)/t12-,13+/m1/s1. The summed E-state index contributed by atoms with van der Waals surface area (Å²) in [5.41, 5.74) is 0. The molecule has 1 amide bonds. The van der Waals surface area contributed by atoms with Gasteiger partial charge in [0.05, 0.1) is 13.0 Å². The lowest BCUT2D eigenvalue weighted by Crippen LogP contribution is -2.42. The molecule has 2 atom stereocenters. The third-order valence-electron chi connectivity index (χ3n) is 3.96. The average Bonchev–Trinajstić information content (AvgIpc) is 2.80. The molecule has 122 valence electrons. The molecule has 0 aliphatic carbocycles. The summed E-state index contributed by atoms with van der Waals surface area (Å²) in [4.78, 5) is 24.7. The Labute approximate surface area is 126 Å². The lowest BCUT2D eigenvalue weighted by atomic mass is 9.91. The van der Waals surface area contributed by atoms with E-state index in [0.29, 0.717) is 38.0 Å². The van der Waals surface area contributed by atoms with Crippen molar-refractivity contribution in [3.63, 3.8) is 0 Å². The molecule has 0 radical (unpaired) electrons. The maximum Gasteiger partial charge on any atom is 0.304 e. The van der Waals surface area contributed by atoms with Gasteiger partial charge in [0.1, 0.15) is 0 Å². The molecule has 0 spiro atoms. The number of amides is 1. The number of carboxylic acid groups (broad SMARTS) is 1. The van der Waals surface area contributed by atoms with Crippen molar-refractivity contribution >= 4 is 11.9 Å². The summed E-state index contributed by atoms with van der Waals surface area (Å²) >= 11 is 0. The first-order valence-electron chi connectivity index (χ1n) is 7.75. The largest absolute Gasteiger partial charge is 0.481 e. The highest BCUT2D eigenvalue weighted by atomic mass is 16.5. The lowest BCUT2D eigenvalue weighted by Gasteiger charge is -2.23. The molecule has 6 heteroatoms. The van der Waals surface area contributed by atoms with E-state index in [2.05, 4.69) is 24.1 Å². The minimum Gasteiger partial charge on any atom is -0.481 e. The van der Waals surface area contributed by atoms with Gasteiger partial charge in [0.25, 0.3) is 0 Å². The second-order valence-electron chi connectivity index (χ2n) is 5.93. The number of hydrogen-bond donors (Lipinski definition) is 2.